The molecule has 0 aromatic heterocycles. The van der Waals surface area contributed by atoms with Crippen molar-refractivity contribution >= 4 is 68.3 Å². The summed E-state index contributed by atoms with van der Waals surface area (Å²) in [4.78, 5) is 38.7. The lowest BCUT2D eigenvalue weighted by Crippen LogP contribution is -2.32. The summed E-state index contributed by atoms with van der Waals surface area (Å²) in [6.45, 7) is 0. The first-order valence-corrected chi connectivity index (χ1v) is 10.8. The van der Waals surface area contributed by atoms with Crippen LogP contribution < -0.4 is 15.0 Å². The molecular weight excluding hydrogens is 519 g/mol. The second kappa shape index (κ2) is 9.16. The van der Waals surface area contributed by atoms with Crippen molar-refractivity contribution in [2.24, 2.45) is 0 Å². The summed E-state index contributed by atoms with van der Waals surface area (Å²) in [7, 11) is 0. The van der Waals surface area contributed by atoms with E-state index in [-0.39, 0.29) is 10.7 Å². The lowest BCUT2D eigenvalue weighted by atomic mass is 10.2. The smallest absolute Gasteiger partial charge is 0.343 e. The highest BCUT2D eigenvalue weighted by molar-refractivity contribution is 9.10. The minimum absolute atomic E-state index is 0.0453. The number of benzene rings is 3. The molecule has 1 aliphatic rings. The summed E-state index contributed by atoms with van der Waals surface area (Å²) in [6.07, 6.45) is 0. The maximum absolute atomic E-state index is 12.8. The molecule has 6 nitrogen and oxygen atoms in total. The average Bonchev–Trinajstić information content (AvgIpc) is 3.00. The third kappa shape index (κ3) is 4.55. The van der Waals surface area contributed by atoms with Gasteiger partial charge in [-0.05, 0) is 72.8 Å². The maximum Gasteiger partial charge on any atom is 0.343 e. The molecule has 0 spiro atoms. The monoisotopic (exact) mass is 530 g/mol. The second-order valence-electron chi connectivity index (χ2n) is 6.66. The Bertz CT molecular complexity index is 1240. The molecule has 160 valence electrons. The fraction of sp³-hybridized carbons (Fsp3) is 0. The fourth-order valence-electron chi connectivity index (χ4n) is 2.94. The number of nitrogens with zero attached hydrogens (tertiary/aromatic N) is 1. The zero-order chi connectivity index (χ0) is 22.8. The van der Waals surface area contributed by atoms with Gasteiger partial charge in [0.05, 0.1) is 11.3 Å². The van der Waals surface area contributed by atoms with Crippen molar-refractivity contribution in [2.45, 2.75) is 0 Å². The number of carbonyl (C=O) groups is 3. The predicted molar refractivity (Wildman–Crippen MR) is 126 cm³/mol. The molecule has 3 aromatic carbocycles. The Balaban J connectivity index is 1.47. The molecule has 3 aromatic rings. The molecule has 1 N–H and O–H groups in total. The lowest BCUT2D eigenvalue weighted by Gasteiger charge is -2.15. The summed E-state index contributed by atoms with van der Waals surface area (Å²) in [5.74, 6) is -1.38. The third-order valence-electron chi connectivity index (χ3n) is 4.53. The highest BCUT2D eigenvalue weighted by Crippen LogP contribution is 2.31. The summed E-state index contributed by atoms with van der Waals surface area (Å²) >= 11 is 15.3. The van der Waals surface area contributed by atoms with Gasteiger partial charge in [-0.2, -0.15) is 0 Å². The molecule has 0 unspecified atom stereocenters. The molecule has 0 atom stereocenters. The molecule has 2 amide bonds. The molecule has 32 heavy (non-hydrogen) atoms. The van der Waals surface area contributed by atoms with Crippen molar-refractivity contribution in [1.82, 2.24) is 0 Å². The molecule has 1 heterocycles. The Morgan fingerprint density at radius 3 is 2.09 bits per heavy atom. The van der Waals surface area contributed by atoms with Crippen LogP contribution in [0.1, 0.15) is 10.4 Å². The van der Waals surface area contributed by atoms with E-state index < -0.39 is 17.8 Å². The topological polar surface area (TPSA) is 75.7 Å². The van der Waals surface area contributed by atoms with E-state index in [4.69, 9.17) is 27.9 Å². The van der Waals surface area contributed by atoms with E-state index in [2.05, 4.69) is 21.2 Å². The number of anilines is 2. The zero-order valence-corrected chi connectivity index (χ0v) is 19.2. The van der Waals surface area contributed by atoms with Gasteiger partial charge in [-0.25, -0.2) is 9.69 Å². The number of esters is 1. The summed E-state index contributed by atoms with van der Waals surface area (Å²) < 4.78 is 6.10. The van der Waals surface area contributed by atoms with Crippen molar-refractivity contribution < 1.29 is 19.1 Å². The van der Waals surface area contributed by atoms with Crippen molar-refractivity contribution in [1.29, 1.82) is 0 Å². The van der Waals surface area contributed by atoms with Gasteiger partial charge in [-0.1, -0.05) is 39.1 Å². The first kappa shape index (κ1) is 22.1. The third-order valence-corrected chi connectivity index (χ3v) is 5.66. The molecule has 9 heteroatoms. The number of amides is 2. The highest BCUT2D eigenvalue weighted by atomic mass is 79.9. The van der Waals surface area contributed by atoms with E-state index >= 15 is 0 Å². The van der Waals surface area contributed by atoms with Gasteiger partial charge in [0.15, 0.2) is 0 Å². The number of hydrogen-bond donors (Lipinski definition) is 1. The van der Waals surface area contributed by atoms with Crippen molar-refractivity contribution in [2.75, 3.05) is 10.2 Å². The largest absolute Gasteiger partial charge is 0.423 e. The van der Waals surface area contributed by atoms with Gasteiger partial charge in [-0.3, -0.25) is 9.59 Å². The SMILES string of the molecule is O=C(Oc1ccc(Cl)cc1)c1ccc(NC2=C(Cl)C(=O)N(c3ccc(Br)cc3)C2=O)cc1. The van der Waals surface area contributed by atoms with Gasteiger partial charge in [0.25, 0.3) is 11.8 Å². The van der Waals surface area contributed by atoms with Crippen LogP contribution in [-0.4, -0.2) is 17.8 Å². The maximum atomic E-state index is 12.8. The van der Waals surface area contributed by atoms with Crippen molar-refractivity contribution in [3.63, 3.8) is 0 Å². The zero-order valence-electron chi connectivity index (χ0n) is 16.1. The number of halogens is 3. The van der Waals surface area contributed by atoms with Gasteiger partial charge in [0, 0.05) is 15.2 Å². The molecule has 0 fully saturated rings. The predicted octanol–water partition coefficient (Wildman–Crippen LogP) is 5.76. The first-order valence-electron chi connectivity index (χ1n) is 9.22. The van der Waals surface area contributed by atoms with Crippen LogP contribution in [-0.2, 0) is 9.59 Å². The van der Waals surface area contributed by atoms with E-state index in [1.807, 2.05) is 0 Å². The Morgan fingerprint density at radius 2 is 1.47 bits per heavy atom. The lowest BCUT2D eigenvalue weighted by molar-refractivity contribution is -0.120. The quantitative estimate of drug-likeness (QED) is 0.257. The van der Waals surface area contributed by atoms with Gasteiger partial charge >= 0.3 is 5.97 Å². The number of hydrogen-bond acceptors (Lipinski definition) is 5. The van der Waals surface area contributed by atoms with Crippen LogP contribution in [0.25, 0.3) is 0 Å². The standard InChI is InChI=1S/C23H13BrCl2N2O4/c24-14-3-9-17(10-4-14)28-21(29)19(26)20(22(28)30)27-16-7-1-13(2-8-16)23(31)32-18-11-5-15(25)6-12-18/h1-12,27H. The Kier molecular flexibility index (Phi) is 6.32. The fourth-order valence-corrected chi connectivity index (χ4v) is 3.54. The molecule has 0 saturated heterocycles. The van der Waals surface area contributed by atoms with Gasteiger partial charge in [-0.15, -0.1) is 0 Å². The minimum atomic E-state index is -0.621. The number of carbonyl (C=O) groups excluding carboxylic acids is 3. The Labute approximate surface area is 201 Å². The number of rotatable bonds is 5. The van der Waals surface area contributed by atoms with Crippen molar-refractivity contribution in [3.8, 4) is 5.75 Å². The highest BCUT2D eigenvalue weighted by Gasteiger charge is 2.38. The number of imide groups is 1. The van der Waals surface area contributed by atoms with Crippen LogP contribution in [0.3, 0.4) is 0 Å². The van der Waals surface area contributed by atoms with Crippen LogP contribution in [0.15, 0.2) is 88.0 Å². The second-order valence-corrected chi connectivity index (χ2v) is 8.39. The Morgan fingerprint density at radius 1 is 0.844 bits per heavy atom. The van der Waals surface area contributed by atoms with Crippen LogP contribution >= 0.6 is 39.1 Å². The molecule has 0 bridgehead atoms. The molecule has 0 saturated carbocycles. The molecule has 1 aliphatic heterocycles. The van der Waals surface area contributed by atoms with E-state index in [9.17, 15) is 14.4 Å². The summed E-state index contributed by atoms with van der Waals surface area (Å²) in [5.41, 5.74) is 1.13. The van der Waals surface area contributed by atoms with Crippen LogP contribution in [0.5, 0.6) is 5.75 Å². The van der Waals surface area contributed by atoms with E-state index in [1.54, 1.807) is 60.7 Å². The number of ether oxygens (including phenoxy) is 1. The van der Waals surface area contributed by atoms with Crippen LogP contribution in [0.2, 0.25) is 5.02 Å². The van der Waals surface area contributed by atoms with Gasteiger partial charge < -0.3 is 10.1 Å². The van der Waals surface area contributed by atoms with E-state index in [1.165, 1.54) is 12.1 Å². The van der Waals surface area contributed by atoms with Gasteiger partial charge in [0.1, 0.15) is 16.5 Å². The normalized spacial score (nSPS) is 13.5. The Hall–Kier alpha value is -3.13. The molecule has 0 aliphatic carbocycles. The molecule has 0 radical (unpaired) electrons. The van der Waals surface area contributed by atoms with Gasteiger partial charge in [0.2, 0.25) is 0 Å². The van der Waals surface area contributed by atoms with Crippen LogP contribution in [0.4, 0.5) is 11.4 Å². The molecule has 4 rings (SSSR count). The summed E-state index contributed by atoms with van der Waals surface area (Å²) in [5, 5.41) is 3.18. The van der Waals surface area contributed by atoms with E-state index in [0.717, 1.165) is 9.37 Å². The minimum Gasteiger partial charge on any atom is -0.423 e. The van der Waals surface area contributed by atoms with E-state index in [0.29, 0.717) is 27.7 Å². The van der Waals surface area contributed by atoms with Crippen LogP contribution in [0, 0.1) is 0 Å². The first-order chi connectivity index (χ1) is 15.3. The number of nitrogens with one attached hydrogen (secondary N) is 1. The average molecular weight is 532 g/mol. The molecular formula is C23H13BrCl2N2O4. The van der Waals surface area contributed by atoms with Crippen molar-refractivity contribution in [3.05, 3.63) is 98.6 Å². The summed E-state index contributed by atoms with van der Waals surface area (Å²) in [6, 6.07) is 19.3.